The van der Waals surface area contributed by atoms with E-state index in [2.05, 4.69) is 17.6 Å². The van der Waals surface area contributed by atoms with Gasteiger partial charge in [-0.1, -0.05) is 31.2 Å². The second kappa shape index (κ2) is 7.45. The molecule has 0 radical (unpaired) electrons. The van der Waals surface area contributed by atoms with Crippen LogP contribution in [0.2, 0.25) is 0 Å². The van der Waals surface area contributed by atoms with Gasteiger partial charge in [-0.05, 0) is 41.8 Å². The van der Waals surface area contributed by atoms with Crippen molar-refractivity contribution in [3.63, 3.8) is 0 Å². The predicted molar refractivity (Wildman–Crippen MR) is 85.6 cm³/mol. The molecule has 0 spiro atoms. The summed E-state index contributed by atoms with van der Waals surface area (Å²) in [4.78, 5) is 11.9. The Morgan fingerprint density at radius 2 is 1.38 bits per heavy atom. The molecule has 0 fully saturated rings. The maximum Gasteiger partial charge on any atom is 0.323 e. The number of carbonyl (C=O) groups is 1. The summed E-state index contributed by atoms with van der Waals surface area (Å²) in [6.45, 7) is 2.67. The molecule has 0 unspecified atom stereocenters. The molecule has 2 rings (SSSR count). The molecule has 110 valence electrons. The Hall–Kier alpha value is -2.33. The summed E-state index contributed by atoms with van der Waals surface area (Å²) in [7, 11) is 1.66. The van der Waals surface area contributed by atoms with Crippen LogP contribution in [0.1, 0.15) is 18.1 Å². The Balaban J connectivity index is 1.91. The maximum atomic E-state index is 11.9. The third-order valence-corrected chi connectivity index (χ3v) is 3.14. The normalized spacial score (nSPS) is 10.2. The summed E-state index contributed by atoms with van der Waals surface area (Å²) in [6.07, 6.45) is 0.986. The summed E-state index contributed by atoms with van der Waals surface area (Å²) < 4.78 is 5.05. The average molecular weight is 284 g/mol. The largest absolute Gasteiger partial charge is 0.380 e. The van der Waals surface area contributed by atoms with Crippen molar-refractivity contribution in [2.75, 3.05) is 17.7 Å². The number of carbonyl (C=O) groups excluding carboxylic acids is 1. The first-order valence-corrected chi connectivity index (χ1v) is 6.96. The van der Waals surface area contributed by atoms with Crippen molar-refractivity contribution >= 4 is 17.4 Å². The van der Waals surface area contributed by atoms with Crippen molar-refractivity contribution in [1.29, 1.82) is 0 Å². The second-order valence-corrected chi connectivity index (χ2v) is 4.76. The van der Waals surface area contributed by atoms with Crippen LogP contribution in [0.3, 0.4) is 0 Å². The zero-order valence-electron chi connectivity index (χ0n) is 12.3. The van der Waals surface area contributed by atoms with Gasteiger partial charge >= 0.3 is 6.03 Å². The monoisotopic (exact) mass is 284 g/mol. The number of ether oxygens (including phenoxy) is 1. The van der Waals surface area contributed by atoms with Gasteiger partial charge < -0.3 is 15.4 Å². The molecular formula is C17H20N2O2. The first-order valence-electron chi connectivity index (χ1n) is 6.96. The Labute approximate surface area is 125 Å². The highest BCUT2D eigenvalue weighted by Gasteiger charge is 2.03. The number of aryl methyl sites for hydroxylation is 1. The highest BCUT2D eigenvalue weighted by Crippen LogP contribution is 2.13. The van der Waals surface area contributed by atoms with Crippen LogP contribution in [0.5, 0.6) is 0 Å². The van der Waals surface area contributed by atoms with Crippen molar-refractivity contribution in [3.05, 3.63) is 59.7 Å². The molecule has 0 aliphatic carbocycles. The smallest absolute Gasteiger partial charge is 0.323 e. The number of nitrogens with one attached hydrogen (secondary N) is 2. The van der Waals surface area contributed by atoms with Crippen molar-refractivity contribution in [1.82, 2.24) is 0 Å². The highest BCUT2D eigenvalue weighted by molar-refractivity contribution is 5.99. The molecule has 2 aromatic carbocycles. The van der Waals surface area contributed by atoms with Gasteiger partial charge in [-0.3, -0.25) is 0 Å². The Kier molecular flexibility index (Phi) is 5.35. The molecule has 0 bridgehead atoms. The zero-order valence-corrected chi connectivity index (χ0v) is 12.3. The number of hydrogen-bond acceptors (Lipinski definition) is 2. The van der Waals surface area contributed by atoms with E-state index in [4.69, 9.17) is 4.74 Å². The zero-order chi connectivity index (χ0) is 15.1. The van der Waals surface area contributed by atoms with Gasteiger partial charge in [-0.15, -0.1) is 0 Å². The van der Waals surface area contributed by atoms with Crippen molar-refractivity contribution in [3.8, 4) is 0 Å². The molecule has 4 heteroatoms. The summed E-state index contributed by atoms with van der Waals surface area (Å²) >= 11 is 0. The van der Waals surface area contributed by atoms with E-state index in [0.29, 0.717) is 6.61 Å². The molecule has 2 amide bonds. The lowest BCUT2D eigenvalue weighted by atomic mass is 10.1. The minimum absolute atomic E-state index is 0.251. The lowest BCUT2D eigenvalue weighted by Crippen LogP contribution is -2.19. The number of benzene rings is 2. The Morgan fingerprint density at radius 1 is 0.905 bits per heavy atom. The van der Waals surface area contributed by atoms with Crippen LogP contribution in [0.25, 0.3) is 0 Å². The SMILES string of the molecule is CCc1ccc(NC(=O)Nc2ccc(COC)cc2)cc1. The van der Waals surface area contributed by atoms with E-state index in [9.17, 15) is 4.79 Å². The third kappa shape index (κ3) is 4.61. The van der Waals surface area contributed by atoms with Crippen LogP contribution in [-0.4, -0.2) is 13.1 Å². The third-order valence-electron chi connectivity index (χ3n) is 3.14. The fourth-order valence-corrected chi connectivity index (χ4v) is 1.97. The van der Waals surface area contributed by atoms with E-state index in [1.165, 1.54) is 5.56 Å². The van der Waals surface area contributed by atoms with Gasteiger partial charge in [0.25, 0.3) is 0 Å². The lowest BCUT2D eigenvalue weighted by Gasteiger charge is -2.09. The molecule has 2 aromatic rings. The minimum atomic E-state index is -0.251. The van der Waals surface area contributed by atoms with E-state index in [-0.39, 0.29) is 6.03 Å². The molecule has 2 N–H and O–H groups in total. The number of amides is 2. The summed E-state index contributed by atoms with van der Waals surface area (Å²) in [6, 6.07) is 15.1. The van der Waals surface area contributed by atoms with Crippen LogP contribution < -0.4 is 10.6 Å². The molecule has 0 saturated carbocycles. The van der Waals surface area contributed by atoms with Gasteiger partial charge in [-0.25, -0.2) is 4.79 Å². The first-order chi connectivity index (χ1) is 10.2. The van der Waals surface area contributed by atoms with E-state index in [0.717, 1.165) is 23.4 Å². The van der Waals surface area contributed by atoms with Gasteiger partial charge in [0.05, 0.1) is 6.61 Å². The predicted octanol–water partition coefficient (Wildman–Crippen LogP) is 4.04. The van der Waals surface area contributed by atoms with Crippen molar-refractivity contribution in [2.45, 2.75) is 20.0 Å². The van der Waals surface area contributed by atoms with Crippen LogP contribution >= 0.6 is 0 Å². The van der Waals surface area contributed by atoms with Gasteiger partial charge in [0, 0.05) is 18.5 Å². The Bertz CT molecular complexity index is 577. The Morgan fingerprint density at radius 3 is 1.81 bits per heavy atom. The minimum Gasteiger partial charge on any atom is -0.380 e. The van der Waals surface area contributed by atoms with Gasteiger partial charge in [0.2, 0.25) is 0 Å². The number of urea groups is 1. The highest BCUT2D eigenvalue weighted by atomic mass is 16.5. The van der Waals surface area contributed by atoms with Gasteiger partial charge in [0.15, 0.2) is 0 Å². The summed E-state index contributed by atoms with van der Waals surface area (Å²) in [5.41, 5.74) is 3.84. The summed E-state index contributed by atoms with van der Waals surface area (Å²) in [5, 5.41) is 5.60. The lowest BCUT2D eigenvalue weighted by molar-refractivity contribution is 0.185. The van der Waals surface area contributed by atoms with Gasteiger partial charge in [0.1, 0.15) is 0 Å². The fraction of sp³-hybridized carbons (Fsp3) is 0.235. The molecule has 0 saturated heterocycles. The number of methoxy groups -OCH3 is 1. The molecule has 0 aliphatic heterocycles. The summed E-state index contributed by atoms with van der Waals surface area (Å²) in [5.74, 6) is 0. The fourth-order valence-electron chi connectivity index (χ4n) is 1.97. The maximum absolute atomic E-state index is 11.9. The molecule has 21 heavy (non-hydrogen) atoms. The molecule has 4 nitrogen and oxygen atoms in total. The number of hydrogen-bond donors (Lipinski definition) is 2. The van der Waals surface area contributed by atoms with Crippen LogP contribution in [-0.2, 0) is 17.8 Å². The van der Waals surface area contributed by atoms with Crippen LogP contribution in [0.4, 0.5) is 16.2 Å². The van der Waals surface area contributed by atoms with Crippen molar-refractivity contribution < 1.29 is 9.53 Å². The first kappa shape index (κ1) is 15.1. The van der Waals surface area contributed by atoms with E-state index in [1.807, 2.05) is 48.5 Å². The molecule has 0 atom stereocenters. The average Bonchev–Trinajstić information content (AvgIpc) is 2.50. The van der Waals surface area contributed by atoms with E-state index in [1.54, 1.807) is 7.11 Å². The molecular weight excluding hydrogens is 264 g/mol. The standard InChI is InChI=1S/C17H20N2O2/c1-3-13-4-8-15(9-5-13)18-17(20)19-16-10-6-14(7-11-16)12-21-2/h4-11H,3,12H2,1-2H3,(H2,18,19,20). The second-order valence-electron chi connectivity index (χ2n) is 4.76. The number of rotatable bonds is 5. The molecule has 0 aliphatic rings. The quantitative estimate of drug-likeness (QED) is 0.870. The van der Waals surface area contributed by atoms with Gasteiger partial charge in [-0.2, -0.15) is 0 Å². The number of anilines is 2. The van der Waals surface area contributed by atoms with E-state index >= 15 is 0 Å². The van der Waals surface area contributed by atoms with Crippen LogP contribution in [0.15, 0.2) is 48.5 Å². The topological polar surface area (TPSA) is 50.4 Å². The molecule has 0 heterocycles. The van der Waals surface area contributed by atoms with Crippen LogP contribution in [0, 0.1) is 0 Å². The van der Waals surface area contributed by atoms with E-state index < -0.39 is 0 Å². The molecule has 0 aromatic heterocycles. The van der Waals surface area contributed by atoms with Crippen molar-refractivity contribution in [2.24, 2.45) is 0 Å².